The average molecular weight is 261 g/mol. The molecular formula is C13H18Cl2O. The van der Waals surface area contributed by atoms with E-state index in [-0.39, 0.29) is 5.41 Å². The average Bonchev–Trinajstić information content (AvgIpc) is 2.31. The van der Waals surface area contributed by atoms with E-state index in [1.165, 1.54) is 5.56 Å². The van der Waals surface area contributed by atoms with Crippen molar-refractivity contribution < 1.29 is 5.11 Å². The summed E-state index contributed by atoms with van der Waals surface area (Å²) in [5.74, 6) is 1.44. The van der Waals surface area contributed by atoms with Gasteiger partial charge < -0.3 is 5.11 Å². The fourth-order valence-electron chi connectivity index (χ4n) is 1.93. The van der Waals surface area contributed by atoms with E-state index in [2.05, 4.69) is 6.92 Å². The summed E-state index contributed by atoms with van der Waals surface area (Å²) in [6.07, 6.45) is 2.98. The first kappa shape index (κ1) is 13.7. The molecule has 0 aromatic heterocycles. The smallest absolute Gasteiger partial charge is 0.115 e. The van der Waals surface area contributed by atoms with Crippen molar-refractivity contribution in [2.45, 2.75) is 26.2 Å². The van der Waals surface area contributed by atoms with E-state index in [0.29, 0.717) is 17.5 Å². The molecule has 0 unspecified atom stereocenters. The summed E-state index contributed by atoms with van der Waals surface area (Å²) in [6.45, 7) is 2.14. The number of phenolic OH excluding ortho intramolecular Hbond substituents is 1. The van der Waals surface area contributed by atoms with Crippen molar-refractivity contribution in [1.82, 2.24) is 0 Å². The van der Waals surface area contributed by atoms with Crippen molar-refractivity contribution in [1.29, 1.82) is 0 Å². The quantitative estimate of drug-likeness (QED) is 0.761. The second-order valence-corrected chi connectivity index (χ2v) is 4.90. The lowest BCUT2D eigenvalue weighted by molar-refractivity contribution is 0.341. The fourth-order valence-corrected chi connectivity index (χ4v) is 2.67. The maximum atomic E-state index is 9.22. The van der Waals surface area contributed by atoms with Crippen LogP contribution < -0.4 is 0 Å². The molecule has 0 amide bonds. The van der Waals surface area contributed by atoms with Crippen molar-refractivity contribution in [3.05, 3.63) is 29.8 Å². The van der Waals surface area contributed by atoms with Gasteiger partial charge in [-0.15, -0.1) is 23.2 Å². The maximum Gasteiger partial charge on any atom is 0.115 e. The highest BCUT2D eigenvalue weighted by Crippen LogP contribution is 2.32. The van der Waals surface area contributed by atoms with E-state index < -0.39 is 0 Å². The number of phenols is 1. The Kier molecular flexibility index (Phi) is 5.43. The molecule has 3 heteroatoms. The van der Waals surface area contributed by atoms with Gasteiger partial charge in [0.05, 0.1) is 0 Å². The first-order valence-electron chi connectivity index (χ1n) is 5.55. The fraction of sp³-hybridized carbons (Fsp3) is 0.538. The predicted molar refractivity (Wildman–Crippen MR) is 70.6 cm³/mol. The van der Waals surface area contributed by atoms with Crippen molar-refractivity contribution in [2.75, 3.05) is 11.8 Å². The summed E-state index contributed by atoms with van der Waals surface area (Å²) in [4.78, 5) is 0. The number of aromatic hydroxyl groups is 1. The number of alkyl halides is 2. The molecule has 1 aromatic rings. The number of rotatable bonds is 6. The molecular weight excluding hydrogens is 243 g/mol. The van der Waals surface area contributed by atoms with Crippen LogP contribution in [0.15, 0.2) is 24.3 Å². The minimum Gasteiger partial charge on any atom is -0.508 e. The van der Waals surface area contributed by atoms with Crippen molar-refractivity contribution in [3.63, 3.8) is 0 Å². The molecule has 0 heterocycles. The standard InChI is InChI=1S/C13H18Cl2O/c1-2-7-13(9-14,10-15)8-11-3-5-12(16)6-4-11/h3-6,16H,2,7-10H2,1H3. The number of benzene rings is 1. The number of halogens is 2. The summed E-state index contributed by atoms with van der Waals surface area (Å²) < 4.78 is 0. The zero-order valence-corrected chi connectivity index (χ0v) is 11.1. The highest BCUT2D eigenvalue weighted by molar-refractivity contribution is 6.21. The lowest BCUT2D eigenvalue weighted by atomic mass is 9.81. The topological polar surface area (TPSA) is 20.2 Å². The van der Waals surface area contributed by atoms with Crippen LogP contribution in [0.5, 0.6) is 5.75 Å². The summed E-state index contributed by atoms with van der Waals surface area (Å²) in [5, 5.41) is 9.22. The minimum absolute atomic E-state index is 0.0190. The van der Waals surface area contributed by atoms with Crippen LogP contribution in [0.2, 0.25) is 0 Å². The molecule has 90 valence electrons. The molecule has 16 heavy (non-hydrogen) atoms. The summed E-state index contributed by atoms with van der Waals surface area (Å²) >= 11 is 12.1. The molecule has 0 aliphatic rings. The predicted octanol–water partition coefficient (Wildman–Crippen LogP) is 4.20. The van der Waals surface area contributed by atoms with Crippen molar-refractivity contribution in [2.24, 2.45) is 5.41 Å². The largest absolute Gasteiger partial charge is 0.508 e. The van der Waals surface area contributed by atoms with Gasteiger partial charge in [-0.05, 0) is 30.5 Å². The summed E-state index contributed by atoms with van der Waals surface area (Å²) in [6, 6.07) is 7.26. The van der Waals surface area contributed by atoms with E-state index in [0.717, 1.165) is 19.3 Å². The lowest BCUT2D eigenvalue weighted by Crippen LogP contribution is -2.27. The third-order valence-electron chi connectivity index (χ3n) is 2.86. The molecule has 0 saturated heterocycles. The Morgan fingerprint density at radius 3 is 2.12 bits per heavy atom. The SMILES string of the molecule is CCCC(CCl)(CCl)Cc1ccc(O)cc1. The molecule has 0 aliphatic carbocycles. The monoisotopic (exact) mass is 260 g/mol. The van der Waals surface area contributed by atoms with Crippen LogP contribution in [0.25, 0.3) is 0 Å². The van der Waals surface area contributed by atoms with Gasteiger partial charge in [0.15, 0.2) is 0 Å². The van der Waals surface area contributed by atoms with E-state index >= 15 is 0 Å². The van der Waals surface area contributed by atoms with Crippen LogP contribution in [0.3, 0.4) is 0 Å². The van der Waals surface area contributed by atoms with Gasteiger partial charge in [0.1, 0.15) is 5.75 Å². The Balaban J connectivity index is 2.78. The maximum absolute atomic E-state index is 9.22. The highest BCUT2D eigenvalue weighted by atomic mass is 35.5. The second-order valence-electron chi connectivity index (χ2n) is 4.36. The van der Waals surface area contributed by atoms with Gasteiger partial charge >= 0.3 is 0 Å². The van der Waals surface area contributed by atoms with Crippen LogP contribution >= 0.6 is 23.2 Å². The molecule has 0 spiro atoms. The van der Waals surface area contributed by atoms with Crippen molar-refractivity contribution in [3.8, 4) is 5.75 Å². The number of hydrogen-bond donors (Lipinski definition) is 1. The van der Waals surface area contributed by atoms with Crippen LogP contribution in [0.1, 0.15) is 25.3 Å². The number of hydrogen-bond acceptors (Lipinski definition) is 1. The summed E-state index contributed by atoms with van der Waals surface area (Å²) in [5.41, 5.74) is 1.15. The van der Waals surface area contributed by atoms with Gasteiger partial charge in [-0.1, -0.05) is 25.5 Å². The van der Waals surface area contributed by atoms with Crippen molar-refractivity contribution >= 4 is 23.2 Å². The summed E-state index contributed by atoms with van der Waals surface area (Å²) in [7, 11) is 0. The first-order valence-corrected chi connectivity index (χ1v) is 6.62. The Morgan fingerprint density at radius 2 is 1.69 bits per heavy atom. The van der Waals surface area contributed by atoms with E-state index in [1.807, 2.05) is 12.1 Å². The molecule has 0 radical (unpaired) electrons. The Morgan fingerprint density at radius 1 is 1.12 bits per heavy atom. The first-order chi connectivity index (χ1) is 7.65. The van der Waals surface area contributed by atoms with Gasteiger partial charge in [0, 0.05) is 17.2 Å². The molecule has 1 rings (SSSR count). The Bertz CT molecular complexity index is 304. The van der Waals surface area contributed by atoms with Gasteiger partial charge in [-0.2, -0.15) is 0 Å². The molecule has 0 saturated carbocycles. The normalized spacial score (nSPS) is 11.7. The van der Waals surface area contributed by atoms with E-state index in [9.17, 15) is 5.11 Å². The van der Waals surface area contributed by atoms with Crippen LogP contribution in [-0.2, 0) is 6.42 Å². The van der Waals surface area contributed by atoms with Gasteiger partial charge in [-0.3, -0.25) is 0 Å². The zero-order valence-electron chi connectivity index (χ0n) is 9.55. The Hall–Kier alpha value is -0.400. The Labute approximate surface area is 107 Å². The molecule has 0 fully saturated rings. The van der Waals surface area contributed by atoms with Crippen LogP contribution in [-0.4, -0.2) is 16.9 Å². The second kappa shape index (κ2) is 6.36. The third kappa shape index (κ3) is 3.57. The molecule has 1 N–H and O–H groups in total. The lowest BCUT2D eigenvalue weighted by Gasteiger charge is -2.29. The highest BCUT2D eigenvalue weighted by Gasteiger charge is 2.27. The zero-order chi connectivity index (χ0) is 12.0. The molecule has 0 atom stereocenters. The molecule has 1 aromatic carbocycles. The van der Waals surface area contributed by atoms with Gasteiger partial charge in [0.2, 0.25) is 0 Å². The van der Waals surface area contributed by atoms with E-state index in [1.54, 1.807) is 12.1 Å². The van der Waals surface area contributed by atoms with Gasteiger partial charge in [-0.25, -0.2) is 0 Å². The molecule has 0 bridgehead atoms. The minimum atomic E-state index is -0.0190. The molecule has 1 nitrogen and oxygen atoms in total. The van der Waals surface area contributed by atoms with Crippen LogP contribution in [0.4, 0.5) is 0 Å². The van der Waals surface area contributed by atoms with Gasteiger partial charge in [0.25, 0.3) is 0 Å². The van der Waals surface area contributed by atoms with E-state index in [4.69, 9.17) is 23.2 Å². The van der Waals surface area contributed by atoms with Crippen LogP contribution in [0, 0.1) is 5.41 Å². The molecule has 0 aliphatic heterocycles. The third-order valence-corrected chi connectivity index (χ3v) is 4.00.